The Morgan fingerprint density at radius 1 is 0.721 bits per heavy atom. The molecule has 0 aliphatic heterocycles. The van der Waals surface area contributed by atoms with Gasteiger partial charge in [-0.15, -0.1) is 0 Å². The smallest absolute Gasteiger partial charge is 1.00 e. The van der Waals surface area contributed by atoms with Crippen LogP contribution in [0.5, 0.6) is 17.2 Å². The molecule has 43 heavy (non-hydrogen) atoms. The minimum Gasteiger partial charge on any atom is -1.00 e. The summed E-state index contributed by atoms with van der Waals surface area (Å²) in [5, 5.41) is 37.4. The van der Waals surface area contributed by atoms with E-state index in [2.05, 4.69) is 4.89 Å². The van der Waals surface area contributed by atoms with Crippen molar-refractivity contribution in [2.24, 2.45) is 0 Å². The summed E-state index contributed by atoms with van der Waals surface area (Å²) in [6.07, 6.45) is 0. The molecular formula is C26H22F4K2N2O9. The van der Waals surface area contributed by atoms with Crippen LogP contribution in [0.2, 0.25) is 0 Å². The van der Waals surface area contributed by atoms with Gasteiger partial charge >= 0.3 is 103 Å². The van der Waals surface area contributed by atoms with E-state index in [0.717, 1.165) is 24.3 Å². The van der Waals surface area contributed by atoms with Crippen molar-refractivity contribution in [3.05, 3.63) is 135 Å². The zero-order chi connectivity index (χ0) is 31.9. The standard InChI is InChI=1S/C12H8FNO3.C6H4FNO2.C6H5FO.CH3F.CH2O3.2K.H/c13-9-1-5-11(6-2-9)17-12-7-3-10(4-8-12)14(15)16;7-5-1-3-6(4-2-5)8(9)10;7-5-1-3-6(8)4-2-5;1-2;2-1-4-3;;;/h1-8H;1-4H;1-4,8H;1H3;1,3H;;;/q;;;;;2*+1;-1/p-1/i;;;1D;;;;. The predicted octanol–water partition coefficient (Wildman–Crippen LogP) is -0.0677. The predicted molar refractivity (Wildman–Crippen MR) is 136 cm³/mol. The third kappa shape index (κ3) is 22.0. The van der Waals surface area contributed by atoms with E-state index in [-0.39, 0.29) is 139 Å². The van der Waals surface area contributed by atoms with Gasteiger partial charge in [0.1, 0.15) is 34.7 Å². The van der Waals surface area contributed by atoms with Gasteiger partial charge in [-0.25, -0.2) is 13.2 Å². The van der Waals surface area contributed by atoms with E-state index < -0.39 is 22.8 Å². The van der Waals surface area contributed by atoms with Crippen LogP contribution in [0.3, 0.4) is 0 Å². The number of aromatic hydroxyl groups is 1. The van der Waals surface area contributed by atoms with Gasteiger partial charge in [-0.1, -0.05) is 0 Å². The van der Waals surface area contributed by atoms with Gasteiger partial charge in [0.2, 0.25) is 0 Å². The number of halogens is 4. The van der Waals surface area contributed by atoms with Crippen LogP contribution in [-0.4, -0.2) is 28.6 Å². The second-order valence-corrected chi connectivity index (χ2v) is 6.71. The molecule has 0 saturated carbocycles. The van der Waals surface area contributed by atoms with Crippen molar-refractivity contribution in [3.8, 4) is 17.2 Å². The Bertz CT molecular complexity index is 1330. The normalized spacial score (nSPS) is 8.72. The number of hydrogen-bond donors (Lipinski definition) is 1. The number of non-ortho nitro benzene ring substituents is 2. The molecule has 0 aliphatic carbocycles. The number of carbonyl (C=O) groups excluding carboxylic acids is 1. The molecule has 0 heterocycles. The number of ether oxygens (including phenoxy) is 1. The summed E-state index contributed by atoms with van der Waals surface area (Å²) < 4.78 is 57.6. The molecular weight excluding hydrogens is 638 g/mol. The third-order valence-electron chi connectivity index (χ3n) is 4.00. The molecule has 0 bridgehead atoms. The van der Waals surface area contributed by atoms with Crippen molar-refractivity contribution in [2.45, 2.75) is 0 Å². The Morgan fingerprint density at radius 2 is 0.977 bits per heavy atom. The number of hydrogen-bond acceptors (Lipinski definition) is 9. The summed E-state index contributed by atoms with van der Waals surface area (Å²) in [5.41, 5.74) is -0.0992. The van der Waals surface area contributed by atoms with Crippen LogP contribution < -0.4 is 113 Å². The summed E-state index contributed by atoms with van der Waals surface area (Å²) in [4.78, 5) is 30.6. The summed E-state index contributed by atoms with van der Waals surface area (Å²) in [5.74, 6) is -0.122. The number of nitrogens with zero attached hydrogens (tertiary/aromatic N) is 2. The van der Waals surface area contributed by atoms with Crippen molar-refractivity contribution >= 4 is 17.8 Å². The van der Waals surface area contributed by atoms with Gasteiger partial charge < -0.3 is 21.4 Å². The molecule has 0 atom stereocenters. The topological polar surface area (TPSA) is 165 Å². The summed E-state index contributed by atoms with van der Waals surface area (Å²) in [6.45, 7) is -0.181. The summed E-state index contributed by atoms with van der Waals surface area (Å²) >= 11 is 0. The first-order valence-corrected chi connectivity index (χ1v) is 10.6. The number of phenolic OH excluding ortho intramolecular Hbond substituents is 1. The largest absolute Gasteiger partial charge is 1.00 e. The van der Waals surface area contributed by atoms with Crippen molar-refractivity contribution in [2.75, 3.05) is 7.15 Å². The fourth-order valence-electron chi connectivity index (χ4n) is 2.28. The Morgan fingerprint density at radius 3 is 1.26 bits per heavy atom. The molecule has 0 aromatic heterocycles. The van der Waals surface area contributed by atoms with Gasteiger partial charge in [0.25, 0.3) is 17.8 Å². The van der Waals surface area contributed by atoms with Crippen molar-refractivity contribution in [3.63, 3.8) is 0 Å². The van der Waals surface area contributed by atoms with E-state index in [1.54, 1.807) is 0 Å². The van der Waals surface area contributed by atoms with E-state index in [1.807, 2.05) is 0 Å². The fourth-order valence-corrected chi connectivity index (χ4v) is 2.28. The number of rotatable bonds is 5. The molecule has 4 aromatic carbocycles. The molecule has 0 aliphatic rings. The van der Waals surface area contributed by atoms with Crippen molar-refractivity contribution in [1.82, 2.24) is 0 Å². The maximum absolute atomic E-state index is 12.6. The van der Waals surface area contributed by atoms with E-state index in [1.165, 1.54) is 72.8 Å². The monoisotopic (exact) mass is 661 g/mol. The SMILES string of the molecule is O=CO[O-].O=[N+]([O-])c1ccc(F)cc1.O=[N+]([O-])c1ccc(Oc2ccc(F)cc2)cc1.Oc1ccc(F)cc1.[2H]CF.[H-].[K+].[K+]. The van der Waals surface area contributed by atoms with E-state index in [4.69, 9.17) is 21.3 Å². The summed E-state index contributed by atoms with van der Waals surface area (Å²) in [7, 11) is -1.00. The molecule has 17 heteroatoms. The Kier molecular flexibility index (Phi) is 27.2. The number of benzene rings is 4. The fraction of sp³-hybridized carbons (Fsp3) is 0.0385. The third-order valence-corrected chi connectivity index (χ3v) is 4.00. The maximum atomic E-state index is 12.6. The molecule has 4 aromatic rings. The minimum atomic E-state index is -1.00. The van der Waals surface area contributed by atoms with Gasteiger partial charge in [0, 0.05) is 24.3 Å². The van der Waals surface area contributed by atoms with E-state index in [9.17, 15) is 37.8 Å². The molecule has 0 saturated heterocycles. The van der Waals surface area contributed by atoms with Crippen LogP contribution in [0.25, 0.3) is 0 Å². The molecule has 1 N–H and O–H groups in total. The quantitative estimate of drug-likeness (QED) is 0.0770. The first-order valence-electron chi connectivity index (χ1n) is 11.3. The zero-order valence-electron chi connectivity index (χ0n) is 24.6. The molecule has 4 rings (SSSR count). The number of nitro benzene ring substituents is 2. The van der Waals surface area contributed by atoms with Crippen LogP contribution in [0.4, 0.5) is 28.9 Å². The maximum Gasteiger partial charge on any atom is 1.00 e. The van der Waals surface area contributed by atoms with Crippen LogP contribution in [0.1, 0.15) is 2.80 Å². The summed E-state index contributed by atoms with van der Waals surface area (Å²) in [6, 6.07) is 20.5. The first kappa shape index (κ1) is 42.8. The second kappa shape index (κ2) is 27.3. The van der Waals surface area contributed by atoms with E-state index in [0.29, 0.717) is 11.5 Å². The van der Waals surface area contributed by atoms with Gasteiger partial charge in [-0.05, 0) is 72.8 Å². The number of alkyl halides is 1. The molecule has 0 radical (unpaired) electrons. The van der Waals surface area contributed by atoms with Gasteiger partial charge in [0.15, 0.2) is 0 Å². The zero-order valence-corrected chi connectivity index (χ0v) is 28.9. The molecule has 11 nitrogen and oxygen atoms in total. The number of phenols is 1. The van der Waals surface area contributed by atoms with Crippen LogP contribution in [0, 0.1) is 37.7 Å². The molecule has 0 amide bonds. The molecule has 0 spiro atoms. The van der Waals surface area contributed by atoms with Gasteiger partial charge in [0.05, 0.1) is 18.4 Å². The van der Waals surface area contributed by atoms with Crippen LogP contribution >= 0.6 is 0 Å². The van der Waals surface area contributed by atoms with Crippen LogP contribution in [0.15, 0.2) is 97.1 Å². The number of carbonyl (C=O) groups is 1. The van der Waals surface area contributed by atoms with E-state index >= 15 is 0 Å². The molecule has 0 unspecified atom stereocenters. The Hall–Kier alpha value is -2.30. The van der Waals surface area contributed by atoms with Crippen LogP contribution in [-0.2, 0) is 9.68 Å². The Balaban J connectivity index is -0.000000259. The average Bonchev–Trinajstić information content (AvgIpc) is 2.97. The molecule has 220 valence electrons. The van der Waals surface area contributed by atoms with Crippen molar-refractivity contribution < 1.29 is 158 Å². The van der Waals surface area contributed by atoms with Gasteiger partial charge in [-0.3, -0.25) is 29.4 Å². The average molecular weight is 662 g/mol. The first-order chi connectivity index (χ1) is 20.0. The minimum absolute atomic E-state index is 0. The molecule has 0 fully saturated rings. The van der Waals surface area contributed by atoms with Crippen molar-refractivity contribution in [1.29, 1.82) is 0 Å². The van der Waals surface area contributed by atoms with Gasteiger partial charge in [-0.2, -0.15) is 0 Å². The number of nitro groups is 2. The second-order valence-electron chi connectivity index (χ2n) is 6.71. The Labute approximate surface area is 330 Å².